The summed E-state index contributed by atoms with van der Waals surface area (Å²) < 4.78 is 0. The zero-order chi connectivity index (χ0) is 16.0. The van der Waals surface area contributed by atoms with Crippen LogP contribution < -0.4 is 0 Å². The fourth-order valence-electron chi connectivity index (χ4n) is 1.76. The van der Waals surface area contributed by atoms with E-state index in [0.717, 1.165) is 12.0 Å². The van der Waals surface area contributed by atoms with Gasteiger partial charge < -0.3 is 0 Å². The Labute approximate surface area is 134 Å². The summed E-state index contributed by atoms with van der Waals surface area (Å²) in [6, 6.07) is 20.3. The number of hydrogen-bond donors (Lipinski definition) is 0. The molecule has 0 aliphatic rings. The van der Waals surface area contributed by atoms with Crippen LogP contribution >= 0.6 is 0 Å². The smallest absolute Gasteiger partial charge is 0.0251 e. The predicted molar refractivity (Wildman–Crippen MR) is 101 cm³/mol. The largest absolute Gasteiger partial charge is 0.0985 e. The van der Waals surface area contributed by atoms with Gasteiger partial charge in [-0.2, -0.15) is 0 Å². The molecule has 0 saturated carbocycles. The Morgan fingerprint density at radius 3 is 1.82 bits per heavy atom. The highest BCUT2D eigenvalue weighted by molar-refractivity contribution is 5.58. The first kappa shape index (κ1) is 17.5. The zero-order valence-electron chi connectivity index (χ0n) is 13.3. The van der Waals surface area contributed by atoms with Gasteiger partial charge in [0, 0.05) is 0 Å². The molecule has 22 heavy (non-hydrogen) atoms. The Bertz CT molecular complexity index is 601. The van der Waals surface area contributed by atoms with Crippen LogP contribution in [0.5, 0.6) is 0 Å². The minimum atomic E-state index is 1.06. The average molecular weight is 288 g/mol. The van der Waals surface area contributed by atoms with E-state index in [0.29, 0.717) is 0 Å². The number of allylic oxidation sites excluding steroid dienone is 4. The van der Waals surface area contributed by atoms with E-state index >= 15 is 0 Å². The van der Waals surface area contributed by atoms with Gasteiger partial charge in [-0.3, -0.25) is 0 Å². The Kier molecular flexibility index (Phi) is 8.81. The van der Waals surface area contributed by atoms with Crippen molar-refractivity contribution in [2.24, 2.45) is 0 Å². The van der Waals surface area contributed by atoms with Gasteiger partial charge in [-0.05, 0) is 29.2 Å². The minimum Gasteiger partial charge on any atom is -0.0985 e. The molecule has 0 fully saturated rings. The lowest BCUT2D eigenvalue weighted by atomic mass is 10.1. The van der Waals surface area contributed by atoms with Crippen LogP contribution in [0.4, 0.5) is 0 Å². The molecule has 0 unspecified atom stereocenters. The molecule has 0 N–H and O–H groups in total. The highest BCUT2D eigenvalue weighted by Gasteiger charge is 1.87. The summed E-state index contributed by atoms with van der Waals surface area (Å²) in [5, 5.41) is 0. The fourth-order valence-corrected chi connectivity index (χ4v) is 1.76. The van der Waals surface area contributed by atoms with Crippen LogP contribution in [0.25, 0.3) is 12.2 Å². The number of rotatable bonds is 5. The second-order valence-electron chi connectivity index (χ2n) is 4.68. The van der Waals surface area contributed by atoms with E-state index in [1.807, 2.05) is 60.7 Å². The molecule has 0 saturated heterocycles. The van der Waals surface area contributed by atoms with E-state index in [1.165, 1.54) is 11.1 Å². The Balaban J connectivity index is 0.000000255. The first-order chi connectivity index (χ1) is 10.8. The standard InChI is InChI=1S/C14H16.C8H8/c1-3-5-9-13(4-2)12-14-10-7-6-8-11-14;1-2-8-6-4-3-5-7-8/h4-12H,2-3H2,1H3;2-7H,1H2. The molecule has 0 heterocycles. The van der Waals surface area contributed by atoms with E-state index in [4.69, 9.17) is 0 Å². The quantitative estimate of drug-likeness (QED) is 0.547. The molecule has 112 valence electrons. The van der Waals surface area contributed by atoms with Crippen molar-refractivity contribution in [3.8, 4) is 0 Å². The van der Waals surface area contributed by atoms with Gasteiger partial charge in [0.2, 0.25) is 0 Å². The van der Waals surface area contributed by atoms with Crippen LogP contribution in [0.3, 0.4) is 0 Å². The van der Waals surface area contributed by atoms with E-state index in [-0.39, 0.29) is 0 Å². The third-order valence-corrected chi connectivity index (χ3v) is 2.95. The van der Waals surface area contributed by atoms with E-state index in [1.54, 1.807) is 0 Å². The first-order valence-corrected chi connectivity index (χ1v) is 7.53. The Hall–Kier alpha value is -2.60. The highest BCUT2D eigenvalue weighted by atomic mass is 13.9. The van der Waals surface area contributed by atoms with E-state index < -0.39 is 0 Å². The van der Waals surface area contributed by atoms with Gasteiger partial charge in [0.05, 0.1) is 0 Å². The second kappa shape index (κ2) is 11.1. The summed E-state index contributed by atoms with van der Waals surface area (Å²) in [5.41, 5.74) is 3.54. The van der Waals surface area contributed by atoms with Crippen molar-refractivity contribution < 1.29 is 0 Å². The zero-order valence-corrected chi connectivity index (χ0v) is 13.3. The van der Waals surface area contributed by atoms with Crippen molar-refractivity contribution in [1.82, 2.24) is 0 Å². The van der Waals surface area contributed by atoms with Crippen molar-refractivity contribution >= 4 is 12.2 Å². The van der Waals surface area contributed by atoms with Crippen molar-refractivity contribution in [3.05, 3.63) is 109 Å². The number of benzene rings is 2. The van der Waals surface area contributed by atoms with Crippen LogP contribution in [-0.4, -0.2) is 0 Å². The van der Waals surface area contributed by atoms with Gasteiger partial charge in [0.25, 0.3) is 0 Å². The van der Waals surface area contributed by atoms with Gasteiger partial charge in [-0.15, -0.1) is 0 Å². The van der Waals surface area contributed by atoms with Crippen molar-refractivity contribution in [3.63, 3.8) is 0 Å². The maximum atomic E-state index is 3.79. The van der Waals surface area contributed by atoms with Crippen LogP contribution in [0.2, 0.25) is 0 Å². The molecule has 2 aromatic carbocycles. The number of hydrogen-bond acceptors (Lipinski definition) is 0. The molecule has 0 amide bonds. The lowest BCUT2D eigenvalue weighted by Gasteiger charge is -1.95. The molecule has 0 spiro atoms. The maximum Gasteiger partial charge on any atom is -0.0251 e. The average Bonchev–Trinajstić information content (AvgIpc) is 2.60. The molecular formula is C22H24. The van der Waals surface area contributed by atoms with Gasteiger partial charge in [-0.25, -0.2) is 0 Å². The minimum absolute atomic E-state index is 1.06. The van der Waals surface area contributed by atoms with Gasteiger partial charge in [0.15, 0.2) is 0 Å². The molecule has 2 aromatic rings. The predicted octanol–water partition coefficient (Wildman–Crippen LogP) is 6.55. The van der Waals surface area contributed by atoms with Crippen LogP contribution in [0.15, 0.2) is 97.6 Å². The summed E-state index contributed by atoms with van der Waals surface area (Å²) >= 11 is 0. The second-order valence-corrected chi connectivity index (χ2v) is 4.68. The SMILES string of the molecule is C=CC(C=CCC)=Cc1ccccc1.C=Cc1ccccc1. The summed E-state index contributed by atoms with van der Waals surface area (Å²) in [6.45, 7) is 9.55. The first-order valence-electron chi connectivity index (χ1n) is 7.53. The fraction of sp³-hybridized carbons (Fsp3) is 0.0909. The monoisotopic (exact) mass is 288 g/mol. The molecule has 0 bridgehead atoms. The van der Waals surface area contributed by atoms with E-state index in [9.17, 15) is 0 Å². The highest BCUT2D eigenvalue weighted by Crippen LogP contribution is 2.08. The molecule has 0 aliphatic heterocycles. The van der Waals surface area contributed by atoms with Crippen molar-refractivity contribution in [1.29, 1.82) is 0 Å². The summed E-state index contributed by atoms with van der Waals surface area (Å²) in [7, 11) is 0. The summed E-state index contributed by atoms with van der Waals surface area (Å²) in [6.07, 6.45) is 11.1. The normalized spacial score (nSPS) is 10.7. The molecule has 2 rings (SSSR count). The van der Waals surface area contributed by atoms with Gasteiger partial charge >= 0.3 is 0 Å². The summed E-state index contributed by atoms with van der Waals surface area (Å²) in [4.78, 5) is 0. The molecule has 0 aliphatic carbocycles. The molecule has 0 atom stereocenters. The Morgan fingerprint density at radius 1 is 0.864 bits per heavy atom. The molecule has 0 heteroatoms. The van der Waals surface area contributed by atoms with Crippen LogP contribution in [0, 0.1) is 0 Å². The lowest BCUT2D eigenvalue weighted by Crippen LogP contribution is -1.73. The Morgan fingerprint density at radius 2 is 1.41 bits per heavy atom. The topological polar surface area (TPSA) is 0 Å². The van der Waals surface area contributed by atoms with Crippen molar-refractivity contribution in [2.45, 2.75) is 13.3 Å². The molecule has 0 nitrogen and oxygen atoms in total. The van der Waals surface area contributed by atoms with Gasteiger partial charge in [0.1, 0.15) is 0 Å². The molecular weight excluding hydrogens is 264 g/mol. The lowest BCUT2D eigenvalue weighted by molar-refractivity contribution is 1.22. The van der Waals surface area contributed by atoms with Crippen LogP contribution in [-0.2, 0) is 0 Å². The third-order valence-electron chi connectivity index (χ3n) is 2.95. The summed E-state index contributed by atoms with van der Waals surface area (Å²) in [5.74, 6) is 0. The maximum absolute atomic E-state index is 3.79. The third kappa shape index (κ3) is 7.25. The van der Waals surface area contributed by atoms with Crippen LogP contribution in [0.1, 0.15) is 24.5 Å². The molecule has 0 radical (unpaired) electrons. The molecule has 0 aromatic heterocycles. The van der Waals surface area contributed by atoms with Crippen molar-refractivity contribution in [2.75, 3.05) is 0 Å². The van der Waals surface area contributed by atoms with E-state index in [2.05, 4.69) is 50.4 Å². The van der Waals surface area contributed by atoms with Gasteiger partial charge in [-0.1, -0.05) is 105 Å².